The van der Waals surface area contributed by atoms with Gasteiger partial charge in [0, 0.05) is 12.2 Å². The first-order valence-corrected chi connectivity index (χ1v) is 9.50. The minimum absolute atomic E-state index is 0.154. The molecule has 1 heterocycles. The molecule has 0 spiro atoms. The second-order valence-electron chi connectivity index (χ2n) is 6.62. The molecule has 0 unspecified atom stereocenters. The minimum Gasteiger partial charge on any atom is -0.452 e. The maximum Gasteiger partial charge on any atom is 0.338 e. The third-order valence-corrected chi connectivity index (χ3v) is 4.64. The van der Waals surface area contributed by atoms with Crippen LogP contribution in [0.1, 0.15) is 35.5 Å². The number of aromatic nitrogens is 2. The van der Waals surface area contributed by atoms with Gasteiger partial charge in [0.05, 0.1) is 16.6 Å². The first-order chi connectivity index (χ1) is 13.9. The molecular formula is C22H23N3O4. The van der Waals surface area contributed by atoms with Gasteiger partial charge in [-0.3, -0.25) is 9.59 Å². The molecule has 7 heteroatoms. The van der Waals surface area contributed by atoms with Gasteiger partial charge in [0.1, 0.15) is 5.69 Å². The van der Waals surface area contributed by atoms with E-state index in [0.717, 1.165) is 6.42 Å². The van der Waals surface area contributed by atoms with Crippen molar-refractivity contribution in [2.45, 2.75) is 33.7 Å². The van der Waals surface area contributed by atoms with Gasteiger partial charge in [-0.05, 0) is 56.2 Å². The zero-order valence-electron chi connectivity index (χ0n) is 16.7. The van der Waals surface area contributed by atoms with E-state index in [1.807, 2.05) is 31.2 Å². The van der Waals surface area contributed by atoms with Gasteiger partial charge >= 0.3 is 5.97 Å². The van der Waals surface area contributed by atoms with Crippen LogP contribution in [0.3, 0.4) is 0 Å². The summed E-state index contributed by atoms with van der Waals surface area (Å²) in [6.07, 6.45) is 0.917. The average Bonchev–Trinajstić information content (AvgIpc) is 2.73. The van der Waals surface area contributed by atoms with Gasteiger partial charge in [-0.1, -0.05) is 19.1 Å². The van der Waals surface area contributed by atoms with Crippen LogP contribution < -0.4 is 10.9 Å². The van der Waals surface area contributed by atoms with Crippen LogP contribution in [0.25, 0.3) is 11.0 Å². The Kier molecular flexibility index (Phi) is 6.07. The highest BCUT2D eigenvalue weighted by Gasteiger charge is 2.14. The third-order valence-electron chi connectivity index (χ3n) is 4.64. The van der Waals surface area contributed by atoms with Crippen molar-refractivity contribution in [1.82, 2.24) is 9.55 Å². The lowest BCUT2D eigenvalue weighted by Gasteiger charge is -2.10. The van der Waals surface area contributed by atoms with Crippen LogP contribution in [-0.4, -0.2) is 28.0 Å². The largest absolute Gasteiger partial charge is 0.452 e. The number of rotatable bonds is 6. The predicted molar refractivity (Wildman–Crippen MR) is 111 cm³/mol. The molecule has 0 bridgehead atoms. The molecule has 0 atom stereocenters. The van der Waals surface area contributed by atoms with E-state index in [4.69, 9.17) is 4.74 Å². The summed E-state index contributed by atoms with van der Waals surface area (Å²) >= 11 is 0. The normalized spacial score (nSPS) is 10.7. The highest BCUT2D eigenvalue weighted by atomic mass is 16.5. The van der Waals surface area contributed by atoms with Gasteiger partial charge in [-0.15, -0.1) is 0 Å². The molecule has 0 aliphatic rings. The van der Waals surface area contributed by atoms with E-state index in [1.54, 1.807) is 29.7 Å². The summed E-state index contributed by atoms with van der Waals surface area (Å²) in [5.41, 5.74) is 3.46. The zero-order chi connectivity index (χ0) is 21.0. The first-order valence-electron chi connectivity index (χ1n) is 9.50. The summed E-state index contributed by atoms with van der Waals surface area (Å²) in [6.45, 7) is 5.67. The Bertz CT molecular complexity index is 1120. The summed E-state index contributed by atoms with van der Waals surface area (Å²) < 4.78 is 6.72. The number of fused-ring (bicyclic) bond motifs is 1. The second-order valence-corrected chi connectivity index (χ2v) is 6.62. The zero-order valence-corrected chi connectivity index (χ0v) is 16.7. The van der Waals surface area contributed by atoms with Crippen molar-refractivity contribution in [3.05, 3.63) is 69.6 Å². The SMILES string of the molecule is CCc1ccc(NC(=O)COC(=O)c2ccc3c(c2)nc(C)c(=O)n3CC)cc1. The van der Waals surface area contributed by atoms with E-state index < -0.39 is 18.5 Å². The molecular weight excluding hydrogens is 370 g/mol. The smallest absolute Gasteiger partial charge is 0.338 e. The van der Waals surface area contributed by atoms with Crippen molar-refractivity contribution in [2.24, 2.45) is 0 Å². The molecule has 3 rings (SSSR count). The lowest BCUT2D eigenvalue weighted by molar-refractivity contribution is -0.119. The minimum atomic E-state index is -0.628. The van der Waals surface area contributed by atoms with Crippen LogP contribution in [0.4, 0.5) is 5.69 Å². The molecule has 0 fully saturated rings. The fourth-order valence-corrected chi connectivity index (χ4v) is 3.05. The van der Waals surface area contributed by atoms with Gasteiger partial charge in [0.2, 0.25) is 0 Å². The van der Waals surface area contributed by atoms with Crippen molar-refractivity contribution >= 4 is 28.6 Å². The molecule has 7 nitrogen and oxygen atoms in total. The number of ether oxygens (including phenoxy) is 1. The fourth-order valence-electron chi connectivity index (χ4n) is 3.05. The van der Waals surface area contributed by atoms with Gasteiger partial charge < -0.3 is 14.6 Å². The lowest BCUT2D eigenvalue weighted by Crippen LogP contribution is -2.23. The molecule has 29 heavy (non-hydrogen) atoms. The average molecular weight is 393 g/mol. The second kappa shape index (κ2) is 8.68. The first kappa shape index (κ1) is 20.3. The summed E-state index contributed by atoms with van der Waals surface area (Å²) in [6, 6.07) is 12.3. The molecule has 0 aliphatic heterocycles. The van der Waals surface area contributed by atoms with Crippen LogP contribution in [-0.2, 0) is 22.5 Å². The van der Waals surface area contributed by atoms with Crippen LogP contribution in [0, 0.1) is 6.92 Å². The van der Waals surface area contributed by atoms with Gasteiger partial charge in [0.25, 0.3) is 11.5 Å². The standard InChI is InChI=1S/C22H23N3O4/c1-4-15-6-9-17(10-7-15)24-20(26)13-29-22(28)16-8-11-19-18(12-16)23-14(3)21(27)25(19)5-2/h6-12H,4-5,13H2,1-3H3,(H,24,26). The number of amides is 1. The molecule has 0 radical (unpaired) electrons. The maximum atomic E-state index is 12.3. The Balaban J connectivity index is 1.68. The van der Waals surface area contributed by atoms with E-state index in [0.29, 0.717) is 29.0 Å². The lowest BCUT2D eigenvalue weighted by atomic mass is 10.1. The predicted octanol–water partition coefficient (Wildman–Crippen LogP) is 3.08. The van der Waals surface area contributed by atoms with Crippen molar-refractivity contribution in [1.29, 1.82) is 0 Å². The summed E-state index contributed by atoms with van der Waals surface area (Å²) in [5.74, 6) is -1.05. The molecule has 1 aromatic heterocycles. The number of hydrogen-bond donors (Lipinski definition) is 1. The Hall–Kier alpha value is -3.48. The highest BCUT2D eigenvalue weighted by Crippen LogP contribution is 2.15. The number of nitrogens with one attached hydrogen (secondary N) is 1. The monoisotopic (exact) mass is 393 g/mol. The summed E-state index contributed by atoms with van der Waals surface area (Å²) in [4.78, 5) is 40.8. The number of esters is 1. The van der Waals surface area contributed by atoms with Crippen LogP contribution >= 0.6 is 0 Å². The van der Waals surface area contributed by atoms with Gasteiger partial charge in [0.15, 0.2) is 6.61 Å². The molecule has 0 aliphatic carbocycles. The molecule has 1 N–H and O–H groups in total. The maximum absolute atomic E-state index is 12.3. The number of nitrogens with zero attached hydrogens (tertiary/aromatic N) is 2. The highest BCUT2D eigenvalue weighted by molar-refractivity contribution is 5.97. The third kappa shape index (κ3) is 4.51. The summed E-state index contributed by atoms with van der Waals surface area (Å²) in [7, 11) is 0. The van der Waals surface area contributed by atoms with Crippen molar-refractivity contribution in [3.8, 4) is 0 Å². The number of benzene rings is 2. The number of aryl methyl sites for hydroxylation is 3. The molecule has 1 amide bonds. The Labute approximate surface area is 168 Å². The molecule has 0 saturated heterocycles. The number of hydrogen-bond acceptors (Lipinski definition) is 5. The van der Waals surface area contributed by atoms with Gasteiger partial charge in [-0.2, -0.15) is 0 Å². The van der Waals surface area contributed by atoms with Crippen molar-refractivity contribution < 1.29 is 14.3 Å². The Morgan fingerprint density at radius 1 is 1.10 bits per heavy atom. The molecule has 0 saturated carbocycles. The Morgan fingerprint density at radius 2 is 1.83 bits per heavy atom. The van der Waals surface area contributed by atoms with Crippen molar-refractivity contribution in [3.63, 3.8) is 0 Å². The number of anilines is 1. The molecule has 150 valence electrons. The topological polar surface area (TPSA) is 90.3 Å². The van der Waals surface area contributed by atoms with E-state index in [2.05, 4.69) is 17.2 Å². The Morgan fingerprint density at radius 3 is 2.48 bits per heavy atom. The van der Waals surface area contributed by atoms with Crippen molar-refractivity contribution in [2.75, 3.05) is 11.9 Å². The quantitative estimate of drug-likeness (QED) is 0.650. The number of carbonyl (C=O) groups excluding carboxylic acids is 2. The van der Waals surface area contributed by atoms with Crippen LogP contribution in [0.5, 0.6) is 0 Å². The summed E-state index contributed by atoms with van der Waals surface area (Å²) in [5, 5.41) is 2.69. The van der Waals surface area contributed by atoms with E-state index in [1.165, 1.54) is 5.56 Å². The van der Waals surface area contributed by atoms with Crippen LogP contribution in [0.15, 0.2) is 47.3 Å². The van der Waals surface area contributed by atoms with E-state index >= 15 is 0 Å². The van der Waals surface area contributed by atoms with E-state index in [-0.39, 0.29) is 11.1 Å². The number of carbonyl (C=O) groups is 2. The fraction of sp³-hybridized carbons (Fsp3) is 0.273. The van der Waals surface area contributed by atoms with Gasteiger partial charge in [-0.25, -0.2) is 9.78 Å². The molecule has 3 aromatic rings. The van der Waals surface area contributed by atoms with Crippen LogP contribution in [0.2, 0.25) is 0 Å². The molecule has 2 aromatic carbocycles. The van der Waals surface area contributed by atoms with E-state index in [9.17, 15) is 14.4 Å².